The molecule has 0 aliphatic carbocycles. The molecule has 1 saturated heterocycles. The number of ketones is 1. The molecule has 1 aliphatic heterocycles. The van der Waals surface area contributed by atoms with Crippen molar-refractivity contribution in [2.75, 3.05) is 31.5 Å². The summed E-state index contributed by atoms with van der Waals surface area (Å²) in [6, 6.07) is 7.84. The Balaban J connectivity index is 1.76. The number of likely N-dealkylation sites (tertiary alicyclic amines) is 1. The highest BCUT2D eigenvalue weighted by molar-refractivity contribution is 5.96. The van der Waals surface area contributed by atoms with Gasteiger partial charge in [-0.15, -0.1) is 0 Å². The van der Waals surface area contributed by atoms with Gasteiger partial charge >= 0.3 is 0 Å². The Morgan fingerprint density at radius 3 is 2.50 bits per heavy atom. The summed E-state index contributed by atoms with van der Waals surface area (Å²) < 4.78 is 0. The number of anilines is 1. The topological polar surface area (TPSA) is 32.3 Å². The van der Waals surface area contributed by atoms with Crippen LogP contribution in [0.2, 0.25) is 0 Å². The lowest BCUT2D eigenvalue weighted by Crippen LogP contribution is -2.28. The highest BCUT2D eigenvalue weighted by Crippen LogP contribution is 2.13. The largest absolute Gasteiger partial charge is 0.385 e. The maximum Gasteiger partial charge on any atom is 0.162 e. The molecule has 3 nitrogen and oxygen atoms in total. The summed E-state index contributed by atoms with van der Waals surface area (Å²) in [6.45, 7) is 8.88. The first-order valence-electron chi connectivity index (χ1n) is 7.78. The number of nitrogens with zero attached hydrogens (tertiary/aromatic N) is 1. The third-order valence-electron chi connectivity index (χ3n) is 3.95. The molecule has 1 fully saturated rings. The number of carbonyl (C=O) groups excluding carboxylic acids is 1. The lowest BCUT2D eigenvalue weighted by atomic mass is 10.1. The molecule has 0 saturated carbocycles. The fraction of sp³-hybridized carbons (Fsp3) is 0.588. The molecule has 3 heteroatoms. The monoisotopic (exact) mass is 274 g/mol. The Bertz CT molecular complexity index is 421. The Kier molecular flexibility index (Phi) is 5.60. The van der Waals surface area contributed by atoms with E-state index in [-0.39, 0.29) is 5.78 Å². The minimum absolute atomic E-state index is 0.207. The third kappa shape index (κ3) is 4.34. The summed E-state index contributed by atoms with van der Waals surface area (Å²) in [7, 11) is 0. The van der Waals surface area contributed by atoms with E-state index in [9.17, 15) is 4.79 Å². The number of carbonyl (C=O) groups is 1. The van der Waals surface area contributed by atoms with Crippen molar-refractivity contribution in [3.8, 4) is 0 Å². The average molecular weight is 274 g/mol. The third-order valence-corrected chi connectivity index (χ3v) is 3.95. The van der Waals surface area contributed by atoms with Crippen molar-refractivity contribution in [1.82, 2.24) is 4.90 Å². The molecule has 110 valence electrons. The molecule has 1 atom stereocenters. The van der Waals surface area contributed by atoms with Crippen LogP contribution in [0.1, 0.15) is 43.5 Å². The van der Waals surface area contributed by atoms with Crippen LogP contribution in [0.25, 0.3) is 0 Å². The molecule has 2 rings (SSSR count). The Morgan fingerprint density at radius 1 is 1.25 bits per heavy atom. The van der Waals surface area contributed by atoms with Crippen LogP contribution in [0, 0.1) is 5.92 Å². The quantitative estimate of drug-likeness (QED) is 0.773. The number of Topliss-reactive ketones (excluding diaryl/α,β-unsaturated/α-hetero) is 1. The van der Waals surface area contributed by atoms with Gasteiger partial charge < -0.3 is 10.2 Å². The standard InChI is InChI=1S/C17H26N2O/c1-3-17(20)15-6-8-16(9-7-15)18-12-14(2)13-19-10-4-5-11-19/h6-9,14,18H,3-5,10-13H2,1-2H3. The second-order valence-electron chi connectivity index (χ2n) is 5.85. The molecule has 0 spiro atoms. The van der Waals surface area contributed by atoms with E-state index in [1.807, 2.05) is 31.2 Å². The van der Waals surface area contributed by atoms with E-state index in [1.165, 1.54) is 32.5 Å². The van der Waals surface area contributed by atoms with Crippen LogP contribution < -0.4 is 5.32 Å². The van der Waals surface area contributed by atoms with Gasteiger partial charge in [-0.1, -0.05) is 13.8 Å². The number of benzene rings is 1. The van der Waals surface area contributed by atoms with Crippen molar-refractivity contribution in [3.05, 3.63) is 29.8 Å². The van der Waals surface area contributed by atoms with Crippen molar-refractivity contribution in [3.63, 3.8) is 0 Å². The SMILES string of the molecule is CCC(=O)c1ccc(NCC(C)CN2CCCC2)cc1. The first kappa shape index (κ1) is 15.0. The fourth-order valence-electron chi connectivity index (χ4n) is 2.74. The second-order valence-corrected chi connectivity index (χ2v) is 5.85. The normalized spacial score (nSPS) is 17.1. The van der Waals surface area contributed by atoms with E-state index >= 15 is 0 Å². The van der Waals surface area contributed by atoms with Crippen LogP contribution in [0.5, 0.6) is 0 Å². The highest BCUT2D eigenvalue weighted by atomic mass is 16.1. The van der Waals surface area contributed by atoms with Gasteiger partial charge in [-0.2, -0.15) is 0 Å². The highest BCUT2D eigenvalue weighted by Gasteiger charge is 2.14. The summed E-state index contributed by atoms with van der Waals surface area (Å²) in [5.74, 6) is 0.851. The minimum atomic E-state index is 0.207. The van der Waals surface area contributed by atoms with Gasteiger partial charge in [-0.05, 0) is 56.1 Å². The molecule has 1 N–H and O–H groups in total. The van der Waals surface area contributed by atoms with Crippen LogP contribution >= 0.6 is 0 Å². The summed E-state index contributed by atoms with van der Waals surface area (Å²) in [5, 5.41) is 3.46. The first-order valence-corrected chi connectivity index (χ1v) is 7.78. The summed E-state index contributed by atoms with van der Waals surface area (Å²) in [4.78, 5) is 14.1. The molecule has 1 aromatic carbocycles. The van der Waals surface area contributed by atoms with Crippen LogP contribution in [-0.2, 0) is 0 Å². The molecule has 1 unspecified atom stereocenters. The van der Waals surface area contributed by atoms with Crippen molar-refractivity contribution in [2.45, 2.75) is 33.1 Å². The maximum absolute atomic E-state index is 11.6. The first-order chi connectivity index (χ1) is 9.69. The van der Waals surface area contributed by atoms with E-state index in [0.29, 0.717) is 12.3 Å². The van der Waals surface area contributed by atoms with Gasteiger partial charge in [0, 0.05) is 30.8 Å². The van der Waals surface area contributed by atoms with E-state index in [0.717, 1.165) is 17.8 Å². The summed E-state index contributed by atoms with van der Waals surface area (Å²) in [6.07, 6.45) is 3.28. The summed E-state index contributed by atoms with van der Waals surface area (Å²) in [5.41, 5.74) is 1.91. The van der Waals surface area contributed by atoms with Gasteiger partial charge in [0.1, 0.15) is 0 Å². The molecule has 0 amide bonds. The molecular formula is C17H26N2O. The molecule has 1 aromatic rings. The molecule has 1 aliphatic rings. The number of nitrogens with one attached hydrogen (secondary N) is 1. The zero-order valence-corrected chi connectivity index (χ0v) is 12.7. The van der Waals surface area contributed by atoms with Gasteiger partial charge in [0.25, 0.3) is 0 Å². The van der Waals surface area contributed by atoms with Gasteiger partial charge in [0.05, 0.1) is 0 Å². The summed E-state index contributed by atoms with van der Waals surface area (Å²) >= 11 is 0. The van der Waals surface area contributed by atoms with E-state index < -0.39 is 0 Å². The van der Waals surface area contributed by atoms with Crippen molar-refractivity contribution in [2.24, 2.45) is 5.92 Å². The van der Waals surface area contributed by atoms with Gasteiger partial charge in [-0.25, -0.2) is 0 Å². The van der Waals surface area contributed by atoms with Gasteiger partial charge in [0.2, 0.25) is 0 Å². The Labute approximate surface area is 122 Å². The molecular weight excluding hydrogens is 248 g/mol. The molecule has 0 aromatic heterocycles. The van der Waals surface area contributed by atoms with Crippen molar-refractivity contribution < 1.29 is 4.79 Å². The van der Waals surface area contributed by atoms with Crippen molar-refractivity contribution in [1.29, 1.82) is 0 Å². The fourth-order valence-corrected chi connectivity index (χ4v) is 2.74. The van der Waals surface area contributed by atoms with Crippen LogP contribution in [-0.4, -0.2) is 36.9 Å². The lowest BCUT2D eigenvalue weighted by Gasteiger charge is -2.20. The maximum atomic E-state index is 11.6. The average Bonchev–Trinajstić information content (AvgIpc) is 2.97. The molecule has 20 heavy (non-hydrogen) atoms. The number of hydrogen-bond acceptors (Lipinski definition) is 3. The Hall–Kier alpha value is -1.35. The van der Waals surface area contributed by atoms with E-state index in [4.69, 9.17) is 0 Å². The van der Waals surface area contributed by atoms with Gasteiger partial charge in [-0.3, -0.25) is 4.79 Å². The minimum Gasteiger partial charge on any atom is -0.385 e. The molecule has 0 bridgehead atoms. The smallest absolute Gasteiger partial charge is 0.162 e. The number of hydrogen-bond donors (Lipinski definition) is 1. The van der Waals surface area contributed by atoms with Crippen molar-refractivity contribution >= 4 is 11.5 Å². The van der Waals surface area contributed by atoms with Gasteiger partial charge in [0.15, 0.2) is 5.78 Å². The molecule has 1 heterocycles. The predicted molar refractivity (Wildman–Crippen MR) is 84.4 cm³/mol. The second kappa shape index (κ2) is 7.44. The lowest BCUT2D eigenvalue weighted by molar-refractivity contribution is 0.0988. The molecule has 0 radical (unpaired) electrons. The van der Waals surface area contributed by atoms with E-state index in [2.05, 4.69) is 17.1 Å². The zero-order valence-electron chi connectivity index (χ0n) is 12.7. The Morgan fingerprint density at radius 2 is 1.90 bits per heavy atom. The predicted octanol–water partition coefficient (Wildman–Crippen LogP) is 3.42. The van der Waals surface area contributed by atoms with E-state index in [1.54, 1.807) is 0 Å². The zero-order chi connectivity index (χ0) is 14.4. The number of rotatable bonds is 7. The van der Waals surface area contributed by atoms with Crippen LogP contribution in [0.3, 0.4) is 0 Å². The van der Waals surface area contributed by atoms with Crippen LogP contribution in [0.15, 0.2) is 24.3 Å². The van der Waals surface area contributed by atoms with Crippen LogP contribution in [0.4, 0.5) is 5.69 Å².